The maximum Gasteiger partial charge on any atom is 0.407 e. The van der Waals surface area contributed by atoms with Crippen molar-refractivity contribution in [1.82, 2.24) is 5.32 Å². The second kappa shape index (κ2) is 9.83. The lowest BCUT2D eigenvalue weighted by Gasteiger charge is -2.20. The molecule has 172 valence electrons. The SMILES string of the molecule is Cc1cc(C(O)C(O)CCNC(=O)OCC2c3ccccc3-c3ccccc32)cc(Cl)c1O. The van der Waals surface area contributed by atoms with Crippen LogP contribution in [0, 0.1) is 6.92 Å². The van der Waals surface area contributed by atoms with Crippen LogP contribution in [-0.4, -0.2) is 40.7 Å². The van der Waals surface area contributed by atoms with E-state index in [-0.39, 0.29) is 36.3 Å². The summed E-state index contributed by atoms with van der Waals surface area (Å²) in [5.41, 5.74) is 5.47. The second-order valence-corrected chi connectivity index (χ2v) is 8.63. The molecular formula is C26H26ClNO5. The van der Waals surface area contributed by atoms with Gasteiger partial charge in [0.2, 0.25) is 0 Å². The fourth-order valence-corrected chi connectivity index (χ4v) is 4.56. The van der Waals surface area contributed by atoms with E-state index in [2.05, 4.69) is 29.6 Å². The van der Waals surface area contributed by atoms with Gasteiger partial charge < -0.3 is 25.4 Å². The Kier molecular flexibility index (Phi) is 6.88. The number of halogens is 1. The largest absolute Gasteiger partial charge is 0.506 e. The summed E-state index contributed by atoms with van der Waals surface area (Å²) >= 11 is 5.95. The highest BCUT2D eigenvalue weighted by Gasteiger charge is 2.29. The molecule has 1 amide bonds. The van der Waals surface area contributed by atoms with E-state index in [4.69, 9.17) is 16.3 Å². The van der Waals surface area contributed by atoms with Crippen LogP contribution in [0.25, 0.3) is 11.1 Å². The van der Waals surface area contributed by atoms with Gasteiger partial charge >= 0.3 is 6.09 Å². The van der Waals surface area contributed by atoms with Crippen LogP contribution in [0.1, 0.15) is 40.7 Å². The van der Waals surface area contributed by atoms with Gasteiger partial charge in [-0.2, -0.15) is 0 Å². The highest BCUT2D eigenvalue weighted by molar-refractivity contribution is 6.32. The van der Waals surface area contributed by atoms with Crippen molar-refractivity contribution in [2.75, 3.05) is 13.2 Å². The number of carbonyl (C=O) groups excluding carboxylic acids is 1. The predicted octanol–water partition coefficient (Wildman–Crippen LogP) is 4.68. The number of carbonyl (C=O) groups is 1. The van der Waals surface area contributed by atoms with Gasteiger partial charge in [0, 0.05) is 12.5 Å². The Morgan fingerprint density at radius 3 is 2.27 bits per heavy atom. The summed E-state index contributed by atoms with van der Waals surface area (Å²) in [7, 11) is 0. The van der Waals surface area contributed by atoms with Crippen LogP contribution in [0.15, 0.2) is 60.7 Å². The first kappa shape index (κ1) is 23.1. The third-order valence-electron chi connectivity index (χ3n) is 6.04. The lowest BCUT2D eigenvalue weighted by molar-refractivity contribution is 0.0136. The third-order valence-corrected chi connectivity index (χ3v) is 6.32. The molecule has 0 saturated carbocycles. The summed E-state index contributed by atoms with van der Waals surface area (Å²) < 4.78 is 5.47. The number of hydrogen-bond acceptors (Lipinski definition) is 5. The Labute approximate surface area is 197 Å². The number of hydrogen-bond donors (Lipinski definition) is 4. The quantitative estimate of drug-likeness (QED) is 0.404. The first-order chi connectivity index (χ1) is 15.9. The maximum atomic E-state index is 12.2. The molecule has 0 spiro atoms. The van der Waals surface area contributed by atoms with E-state index >= 15 is 0 Å². The van der Waals surface area contributed by atoms with Gasteiger partial charge in [0.1, 0.15) is 18.5 Å². The van der Waals surface area contributed by atoms with Crippen molar-refractivity contribution >= 4 is 17.7 Å². The van der Waals surface area contributed by atoms with Crippen LogP contribution in [0.4, 0.5) is 4.79 Å². The number of aromatic hydroxyl groups is 1. The minimum atomic E-state index is -1.20. The zero-order valence-corrected chi connectivity index (χ0v) is 18.9. The number of amides is 1. The van der Waals surface area contributed by atoms with Gasteiger partial charge in [-0.1, -0.05) is 60.1 Å². The molecule has 0 heterocycles. The van der Waals surface area contributed by atoms with E-state index in [9.17, 15) is 20.1 Å². The maximum absolute atomic E-state index is 12.2. The summed E-state index contributed by atoms with van der Waals surface area (Å²) in [6.07, 6.45) is -2.80. The minimum absolute atomic E-state index is 0.0296. The third kappa shape index (κ3) is 4.83. The first-order valence-corrected chi connectivity index (χ1v) is 11.2. The highest BCUT2D eigenvalue weighted by Crippen LogP contribution is 2.44. The number of phenols is 1. The van der Waals surface area contributed by atoms with Crippen LogP contribution >= 0.6 is 11.6 Å². The molecule has 0 radical (unpaired) electrons. The van der Waals surface area contributed by atoms with Gasteiger partial charge in [-0.05, 0) is 58.9 Å². The number of aliphatic hydroxyl groups is 2. The smallest absolute Gasteiger partial charge is 0.407 e. The summed E-state index contributed by atoms with van der Waals surface area (Å²) in [6, 6.07) is 19.2. The van der Waals surface area contributed by atoms with Crippen molar-refractivity contribution in [3.8, 4) is 16.9 Å². The fraction of sp³-hybridized carbons (Fsp3) is 0.269. The Hall–Kier alpha value is -3.06. The number of benzene rings is 3. The molecule has 4 rings (SSSR count). The number of alkyl carbamates (subject to hydrolysis) is 1. The van der Waals surface area contributed by atoms with Crippen molar-refractivity contribution in [1.29, 1.82) is 0 Å². The van der Waals surface area contributed by atoms with Gasteiger partial charge in [0.25, 0.3) is 0 Å². The molecule has 1 aliphatic carbocycles. The number of rotatable bonds is 7. The number of ether oxygens (including phenoxy) is 1. The summed E-state index contributed by atoms with van der Waals surface area (Å²) in [6.45, 7) is 1.98. The van der Waals surface area contributed by atoms with E-state index in [0.29, 0.717) is 11.1 Å². The first-order valence-electron chi connectivity index (χ1n) is 10.8. The van der Waals surface area contributed by atoms with Gasteiger partial charge in [-0.3, -0.25) is 0 Å². The molecule has 2 atom stereocenters. The van der Waals surface area contributed by atoms with E-state index in [0.717, 1.165) is 22.3 Å². The van der Waals surface area contributed by atoms with Crippen molar-refractivity contribution < 1.29 is 24.9 Å². The van der Waals surface area contributed by atoms with Crippen LogP contribution in [-0.2, 0) is 4.74 Å². The molecule has 0 saturated heterocycles. The summed E-state index contributed by atoms with van der Waals surface area (Å²) in [4.78, 5) is 12.2. The molecule has 3 aromatic rings. The molecular weight excluding hydrogens is 442 g/mol. The van der Waals surface area contributed by atoms with Crippen molar-refractivity contribution in [2.24, 2.45) is 0 Å². The second-order valence-electron chi connectivity index (χ2n) is 8.22. The molecule has 2 unspecified atom stereocenters. The van der Waals surface area contributed by atoms with Gasteiger partial charge in [0.15, 0.2) is 0 Å². The molecule has 33 heavy (non-hydrogen) atoms. The average molecular weight is 468 g/mol. The lowest BCUT2D eigenvalue weighted by Crippen LogP contribution is -2.30. The van der Waals surface area contributed by atoms with Crippen molar-refractivity contribution in [3.63, 3.8) is 0 Å². The van der Waals surface area contributed by atoms with Crippen LogP contribution in [0.2, 0.25) is 5.02 Å². The molecule has 3 aromatic carbocycles. The van der Waals surface area contributed by atoms with E-state index in [1.54, 1.807) is 13.0 Å². The van der Waals surface area contributed by atoms with Crippen LogP contribution in [0.5, 0.6) is 5.75 Å². The normalized spacial score (nSPS) is 14.3. The number of fused-ring (bicyclic) bond motifs is 3. The monoisotopic (exact) mass is 467 g/mol. The van der Waals surface area contributed by atoms with Gasteiger partial charge in [-0.15, -0.1) is 0 Å². The van der Waals surface area contributed by atoms with E-state index in [1.807, 2.05) is 24.3 Å². The van der Waals surface area contributed by atoms with E-state index in [1.165, 1.54) is 6.07 Å². The zero-order chi connectivity index (χ0) is 23.5. The van der Waals surface area contributed by atoms with E-state index < -0.39 is 18.3 Å². The zero-order valence-electron chi connectivity index (χ0n) is 18.2. The van der Waals surface area contributed by atoms with Gasteiger partial charge in [-0.25, -0.2) is 4.79 Å². The average Bonchev–Trinajstić information content (AvgIpc) is 3.14. The minimum Gasteiger partial charge on any atom is -0.506 e. The predicted molar refractivity (Wildman–Crippen MR) is 127 cm³/mol. The van der Waals surface area contributed by atoms with Gasteiger partial charge in [0.05, 0.1) is 11.1 Å². The molecule has 0 fully saturated rings. The molecule has 0 aromatic heterocycles. The number of phenolic OH excluding ortho intramolecular Hbond substituents is 1. The number of nitrogens with one attached hydrogen (secondary N) is 1. The summed E-state index contributed by atoms with van der Waals surface area (Å²) in [5, 5.41) is 33.2. The molecule has 7 heteroatoms. The van der Waals surface area contributed by atoms with Crippen LogP contribution in [0.3, 0.4) is 0 Å². The molecule has 1 aliphatic rings. The molecule has 4 N–H and O–H groups in total. The Morgan fingerprint density at radius 1 is 1.06 bits per heavy atom. The van der Waals surface area contributed by atoms with Crippen molar-refractivity contribution in [3.05, 3.63) is 87.9 Å². The van der Waals surface area contributed by atoms with Crippen LogP contribution < -0.4 is 5.32 Å². The number of aliphatic hydroxyl groups excluding tert-OH is 2. The summed E-state index contributed by atoms with van der Waals surface area (Å²) in [5.74, 6) is -0.0860. The Balaban J connectivity index is 1.29. The Morgan fingerprint density at radius 2 is 1.67 bits per heavy atom. The fourth-order valence-electron chi connectivity index (χ4n) is 4.29. The highest BCUT2D eigenvalue weighted by atomic mass is 35.5. The Bertz CT molecular complexity index is 1100. The molecule has 0 aliphatic heterocycles. The molecule has 6 nitrogen and oxygen atoms in total. The van der Waals surface area contributed by atoms with Crippen molar-refractivity contribution in [2.45, 2.75) is 31.5 Å². The number of aryl methyl sites for hydroxylation is 1. The topological polar surface area (TPSA) is 99.0 Å². The lowest BCUT2D eigenvalue weighted by atomic mass is 9.98. The standard InChI is InChI=1S/C26H26ClNO5/c1-15-12-16(13-22(27)24(15)30)25(31)23(29)10-11-28-26(32)33-14-21-19-8-4-2-6-17(19)18-7-3-5-9-20(18)21/h2-9,12-13,21,23,25,29-31H,10-11,14H2,1H3,(H,28,32). The molecule has 0 bridgehead atoms.